The third-order valence-electron chi connectivity index (χ3n) is 2.87. The van der Waals surface area contributed by atoms with E-state index in [0.717, 1.165) is 12.8 Å². The van der Waals surface area contributed by atoms with Crippen LogP contribution in [0.25, 0.3) is 0 Å². The molecule has 0 aromatic rings. The van der Waals surface area contributed by atoms with E-state index in [1.165, 1.54) is 12.8 Å². The zero-order chi connectivity index (χ0) is 13.5. The second-order valence-electron chi connectivity index (χ2n) is 6.03. The number of amides is 1. The number of carbonyl (C=O) groups excluding carboxylic acids is 1. The van der Waals surface area contributed by atoms with Crippen LogP contribution in [-0.2, 0) is 9.53 Å². The summed E-state index contributed by atoms with van der Waals surface area (Å²) in [4.78, 5) is 11.0. The van der Waals surface area contributed by atoms with Gasteiger partial charge in [0, 0.05) is 19.1 Å². The summed E-state index contributed by atoms with van der Waals surface area (Å²) in [5.74, 6) is 0.0141. The summed E-state index contributed by atoms with van der Waals surface area (Å²) in [5.41, 5.74) is -0.241. The van der Waals surface area contributed by atoms with Crippen LogP contribution in [0, 0.1) is 0 Å². The van der Waals surface area contributed by atoms with Crippen LogP contribution in [0.3, 0.4) is 0 Å². The van der Waals surface area contributed by atoms with Crippen LogP contribution >= 0.6 is 0 Å². The maximum absolute atomic E-state index is 11.0. The van der Waals surface area contributed by atoms with E-state index in [1.54, 1.807) is 6.92 Å². The first kappa shape index (κ1) is 16.4. The Labute approximate surface area is 106 Å². The van der Waals surface area contributed by atoms with Gasteiger partial charge in [-0.05, 0) is 40.5 Å². The molecule has 0 unspecified atom stereocenters. The highest BCUT2D eigenvalue weighted by Crippen LogP contribution is 2.19. The average Bonchev–Trinajstić information content (AvgIpc) is 2.11. The van der Waals surface area contributed by atoms with Crippen molar-refractivity contribution in [3.05, 3.63) is 0 Å². The smallest absolute Gasteiger partial charge is 0.217 e. The minimum Gasteiger partial charge on any atom is -0.375 e. The molecule has 0 bridgehead atoms. The Balaban J connectivity index is 3.92. The molecule has 0 aliphatic rings. The summed E-state index contributed by atoms with van der Waals surface area (Å²) in [6.07, 6.45) is 4.32. The molecule has 3 nitrogen and oxygen atoms in total. The first-order chi connectivity index (χ1) is 7.68. The van der Waals surface area contributed by atoms with Gasteiger partial charge in [-0.3, -0.25) is 4.79 Å². The highest BCUT2D eigenvalue weighted by atomic mass is 16.5. The van der Waals surface area contributed by atoms with Gasteiger partial charge in [-0.25, -0.2) is 0 Å². The number of unbranched alkanes of at least 4 members (excludes halogenated alkanes) is 1. The van der Waals surface area contributed by atoms with Crippen LogP contribution in [0.1, 0.15) is 67.2 Å². The molecule has 0 saturated carbocycles. The van der Waals surface area contributed by atoms with Crippen LogP contribution in [0.15, 0.2) is 0 Å². The lowest BCUT2D eigenvalue weighted by Crippen LogP contribution is -2.43. The largest absolute Gasteiger partial charge is 0.375 e. The number of rotatable bonds is 8. The number of nitrogens with one attached hydrogen (secondary N) is 1. The summed E-state index contributed by atoms with van der Waals surface area (Å²) in [6, 6.07) is 0. The Bertz CT molecular complexity index is 234. The fourth-order valence-corrected chi connectivity index (χ4v) is 1.80. The van der Waals surface area contributed by atoms with Crippen LogP contribution in [-0.4, -0.2) is 23.7 Å². The van der Waals surface area contributed by atoms with Crippen molar-refractivity contribution in [2.75, 3.05) is 6.61 Å². The summed E-state index contributed by atoms with van der Waals surface area (Å²) in [7, 11) is 0. The van der Waals surface area contributed by atoms with E-state index in [1.807, 2.05) is 13.8 Å². The van der Waals surface area contributed by atoms with Gasteiger partial charge < -0.3 is 10.1 Å². The van der Waals surface area contributed by atoms with E-state index >= 15 is 0 Å². The van der Waals surface area contributed by atoms with Gasteiger partial charge in [0.1, 0.15) is 0 Å². The fraction of sp³-hybridized carbons (Fsp3) is 0.929. The molecule has 0 aromatic carbocycles. The maximum atomic E-state index is 11.0. The lowest BCUT2D eigenvalue weighted by atomic mass is 9.99. The molecule has 17 heavy (non-hydrogen) atoms. The number of hydrogen-bond donors (Lipinski definition) is 1. The molecule has 0 aliphatic heterocycles. The molecule has 0 aliphatic carbocycles. The predicted octanol–water partition coefficient (Wildman–Crippen LogP) is 3.28. The summed E-state index contributed by atoms with van der Waals surface area (Å²) in [6.45, 7) is 12.7. The quantitative estimate of drug-likeness (QED) is 0.710. The second kappa shape index (κ2) is 7.00. The molecule has 0 saturated heterocycles. The van der Waals surface area contributed by atoms with E-state index in [4.69, 9.17) is 4.74 Å². The number of carbonyl (C=O) groups is 1. The van der Waals surface area contributed by atoms with Crippen LogP contribution in [0.5, 0.6) is 0 Å². The molecule has 0 radical (unpaired) electrons. The highest BCUT2D eigenvalue weighted by Gasteiger charge is 2.22. The zero-order valence-corrected chi connectivity index (χ0v) is 12.4. The first-order valence-electron chi connectivity index (χ1n) is 6.61. The van der Waals surface area contributed by atoms with Crippen molar-refractivity contribution in [3.8, 4) is 0 Å². The van der Waals surface area contributed by atoms with E-state index in [-0.39, 0.29) is 17.0 Å². The van der Waals surface area contributed by atoms with Crippen molar-refractivity contribution in [1.82, 2.24) is 5.32 Å². The standard InChI is InChI=1S/C14H29NO2/c1-7-8-9-14(5,6)17-11-10-13(3,4)15-12(2)16/h7-11H2,1-6H3,(H,15,16). The van der Waals surface area contributed by atoms with Crippen LogP contribution < -0.4 is 5.32 Å². The zero-order valence-electron chi connectivity index (χ0n) is 12.4. The van der Waals surface area contributed by atoms with Gasteiger partial charge in [0.2, 0.25) is 5.91 Å². The number of hydrogen-bond acceptors (Lipinski definition) is 2. The maximum Gasteiger partial charge on any atom is 0.217 e. The second-order valence-corrected chi connectivity index (χ2v) is 6.03. The Kier molecular flexibility index (Phi) is 6.76. The molecule has 0 atom stereocenters. The van der Waals surface area contributed by atoms with Gasteiger partial charge in [-0.1, -0.05) is 19.8 Å². The van der Waals surface area contributed by atoms with Gasteiger partial charge >= 0.3 is 0 Å². The Morgan fingerprint density at radius 3 is 2.24 bits per heavy atom. The molecule has 0 aromatic heterocycles. The van der Waals surface area contributed by atoms with E-state index in [2.05, 4.69) is 26.1 Å². The van der Waals surface area contributed by atoms with Crippen molar-refractivity contribution >= 4 is 5.91 Å². The normalized spacial score (nSPS) is 12.6. The number of ether oxygens (including phenoxy) is 1. The van der Waals surface area contributed by atoms with E-state index in [0.29, 0.717) is 6.61 Å². The molecular weight excluding hydrogens is 214 g/mol. The molecular formula is C14H29NO2. The Hall–Kier alpha value is -0.570. The molecule has 0 spiro atoms. The summed E-state index contributed by atoms with van der Waals surface area (Å²) < 4.78 is 5.90. The SMILES string of the molecule is CCCCC(C)(C)OCCC(C)(C)NC(C)=O. The summed E-state index contributed by atoms with van der Waals surface area (Å²) >= 11 is 0. The van der Waals surface area contributed by atoms with Gasteiger partial charge in [0.15, 0.2) is 0 Å². The lowest BCUT2D eigenvalue weighted by molar-refractivity contribution is -0.120. The van der Waals surface area contributed by atoms with Crippen LogP contribution in [0.2, 0.25) is 0 Å². The minimum atomic E-state index is -0.188. The van der Waals surface area contributed by atoms with Crippen molar-refractivity contribution in [3.63, 3.8) is 0 Å². The van der Waals surface area contributed by atoms with Crippen molar-refractivity contribution in [2.24, 2.45) is 0 Å². The summed E-state index contributed by atoms with van der Waals surface area (Å²) in [5, 5.41) is 2.93. The van der Waals surface area contributed by atoms with Gasteiger partial charge in [-0.15, -0.1) is 0 Å². The molecule has 0 fully saturated rings. The predicted molar refractivity (Wildman–Crippen MR) is 72.1 cm³/mol. The van der Waals surface area contributed by atoms with Crippen LogP contribution in [0.4, 0.5) is 0 Å². The molecule has 1 amide bonds. The molecule has 3 heteroatoms. The van der Waals surface area contributed by atoms with Gasteiger partial charge in [-0.2, -0.15) is 0 Å². The van der Waals surface area contributed by atoms with Gasteiger partial charge in [0.25, 0.3) is 0 Å². The lowest BCUT2D eigenvalue weighted by Gasteiger charge is -2.30. The van der Waals surface area contributed by atoms with E-state index < -0.39 is 0 Å². The van der Waals surface area contributed by atoms with E-state index in [9.17, 15) is 4.79 Å². The fourth-order valence-electron chi connectivity index (χ4n) is 1.80. The van der Waals surface area contributed by atoms with Gasteiger partial charge in [0.05, 0.1) is 5.60 Å². The molecule has 0 heterocycles. The molecule has 0 rings (SSSR count). The minimum absolute atomic E-state index is 0.0141. The average molecular weight is 243 g/mol. The molecule has 1 N–H and O–H groups in total. The third kappa shape index (κ3) is 9.16. The Morgan fingerprint density at radius 2 is 1.76 bits per heavy atom. The highest BCUT2D eigenvalue weighted by molar-refractivity contribution is 5.73. The monoisotopic (exact) mass is 243 g/mol. The Morgan fingerprint density at radius 1 is 1.18 bits per heavy atom. The molecule has 102 valence electrons. The van der Waals surface area contributed by atoms with Crippen molar-refractivity contribution in [1.29, 1.82) is 0 Å². The topological polar surface area (TPSA) is 38.3 Å². The van der Waals surface area contributed by atoms with Crippen molar-refractivity contribution < 1.29 is 9.53 Å². The third-order valence-corrected chi connectivity index (χ3v) is 2.87. The first-order valence-corrected chi connectivity index (χ1v) is 6.61. The van der Waals surface area contributed by atoms with Crippen molar-refractivity contribution in [2.45, 2.75) is 78.4 Å².